The first-order valence-corrected chi connectivity index (χ1v) is 6.23. The molecule has 2 aromatic carbocycles. The molecule has 0 spiro atoms. The van der Waals surface area contributed by atoms with Crippen molar-refractivity contribution in [1.82, 2.24) is 0 Å². The summed E-state index contributed by atoms with van der Waals surface area (Å²) in [5.74, 6) is 0. The monoisotopic (exact) mass is 254 g/mol. The highest BCUT2D eigenvalue weighted by Crippen LogP contribution is 2.31. The molecule has 0 amide bonds. The van der Waals surface area contributed by atoms with Crippen molar-refractivity contribution in [1.29, 1.82) is 5.26 Å². The van der Waals surface area contributed by atoms with Crippen LogP contribution in [0.2, 0.25) is 0 Å². The number of rotatable bonds is 1. The van der Waals surface area contributed by atoms with Gasteiger partial charge in [0, 0.05) is 29.5 Å². The lowest BCUT2D eigenvalue weighted by Crippen LogP contribution is -2.22. The standard InChI is InChI=1S/C15H14N2O2/c16-7-10-5-6-13(12-4-2-1-3-11(10)12)17-8-14(18)15(19)9-17/h1-6,14-15,18-19H,8-9H2. The molecular formula is C15H14N2O2. The fourth-order valence-electron chi connectivity index (χ4n) is 2.62. The molecule has 0 saturated carbocycles. The highest BCUT2D eigenvalue weighted by molar-refractivity contribution is 5.98. The second-order valence-electron chi connectivity index (χ2n) is 4.83. The number of benzene rings is 2. The van der Waals surface area contributed by atoms with Gasteiger partial charge in [0.15, 0.2) is 0 Å². The van der Waals surface area contributed by atoms with Crippen molar-refractivity contribution in [3.63, 3.8) is 0 Å². The van der Waals surface area contributed by atoms with Crippen LogP contribution >= 0.6 is 0 Å². The summed E-state index contributed by atoms with van der Waals surface area (Å²) < 4.78 is 0. The predicted octanol–water partition coefficient (Wildman–Crippen LogP) is 1.25. The lowest BCUT2D eigenvalue weighted by molar-refractivity contribution is 0.0572. The second kappa shape index (κ2) is 4.54. The Hall–Kier alpha value is -2.09. The van der Waals surface area contributed by atoms with Crippen molar-refractivity contribution in [3.8, 4) is 6.07 Å². The summed E-state index contributed by atoms with van der Waals surface area (Å²) in [7, 11) is 0. The molecule has 19 heavy (non-hydrogen) atoms. The lowest BCUT2D eigenvalue weighted by atomic mass is 10.0. The van der Waals surface area contributed by atoms with Gasteiger partial charge in [-0.05, 0) is 12.1 Å². The maximum absolute atomic E-state index is 9.66. The molecule has 2 unspecified atom stereocenters. The normalized spacial score (nSPS) is 22.7. The molecule has 2 aromatic rings. The summed E-state index contributed by atoms with van der Waals surface area (Å²) in [5, 5.41) is 30.3. The van der Waals surface area contributed by atoms with E-state index in [2.05, 4.69) is 6.07 Å². The molecule has 1 saturated heterocycles. The number of hydrogen-bond donors (Lipinski definition) is 2. The maximum atomic E-state index is 9.66. The molecule has 2 N–H and O–H groups in total. The summed E-state index contributed by atoms with van der Waals surface area (Å²) in [6.07, 6.45) is -1.43. The van der Waals surface area contributed by atoms with Gasteiger partial charge in [-0.3, -0.25) is 0 Å². The Morgan fingerprint density at radius 1 is 1.00 bits per heavy atom. The fraction of sp³-hybridized carbons (Fsp3) is 0.267. The Morgan fingerprint density at radius 3 is 2.26 bits per heavy atom. The van der Waals surface area contributed by atoms with Gasteiger partial charge in [0.25, 0.3) is 0 Å². The maximum Gasteiger partial charge on any atom is 0.0998 e. The molecule has 96 valence electrons. The minimum Gasteiger partial charge on any atom is -0.389 e. The fourth-order valence-corrected chi connectivity index (χ4v) is 2.62. The van der Waals surface area contributed by atoms with Gasteiger partial charge < -0.3 is 15.1 Å². The van der Waals surface area contributed by atoms with Gasteiger partial charge >= 0.3 is 0 Å². The Balaban J connectivity index is 2.13. The van der Waals surface area contributed by atoms with Crippen LogP contribution in [0.25, 0.3) is 10.8 Å². The van der Waals surface area contributed by atoms with Crippen LogP contribution in [-0.4, -0.2) is 35.5 Å². The van der Waals surface area contributed by atoms with Crippen molar-refractivity contribution in [3.05, 3.63) is 42.0 Å². The van der Waals surface area contributed by atoms with Gasteiger partial charge in [-0.15, -0.1) is 0 Å². The minimum atomic E-state index is -0.714. The van der Waals surface area contributed by atoms with Crippen molar-refractivity contribution in [2.24, 2.45) is 0 Å². The van der Waals surface area contributed by atoms with Crippen molar-refractivity contribution in [2.45, 2.75) is 12.2 Å². The summed E-state index contributed by atoms with van der Waals surface area (Å²) in [5.41, 5.74) is 1.59. The minimum absolute atomic E-state index is 0.414. The number of hydrogen-bond acceptors (Lipinski definition) is 4. The first kappa shape index (κ1) is 12.0. The van der Waals surface area contributed by atoms with E-state index >= 15 is 0 Å². The van der Waals surface area contributed by atoms with Crippen LogP contribution in [0.4, 0.5) is 5.69 Å². The van der Waals surface area contributed by atoms with E-state index in [4.69, 9.17) is 5.26 Å². The van der Waals surface area contributed by atoms with Crippen molar-refractivity contribution >= 4 is 16.5 Å². The van der Waals surface area contributed by atoms with E-state index in [1.165, 1.54) is 0 Å². The quantitative estimate of drug-likeness (QED) is 0.803. The van der Waals surface area contributed by atoms with E-state index in [0.29, 0.717) is 18.7 Å². The number of β-amino-alcohol motifs (C(OH)–C–C–N with tert-alkyl or cyclic N) is 2. The molecule has 0 radical (unpaired) electrons. The van der Waals surface area contributed by atoms with E-state index < -0.39 is 12.2 Å². The van der Waals surface area contributed by atoms with E-state index in [0.717, 1.165) is 16.5 Å². The van der Waals surface area contributed by atoms with Crippen LogP contribution in [0.5, 0.6) is 0 Å². The molecule has 4 heteroatoms. The SMILES string of the molecule is N#Cc1ccc(N2CC(O)C(O)C2)c2ccccc12. The average molecular weight is 254 g/mol. The Kier molecular flexibility index (Phi) is 2.86. The molecule has 2 atom stereocenters. The molecule has 1 aliphatic heterocycles. The highest BCUT2D eigenvalue weighted by atomic mass is 16.3. The molecule has 0 bridgehead atoms. The number of fused-ring (bicyclic) bond motifs is 1. The molecular weight excluding hydrogens is 240 g/mol. The third-order valence-electron chi connectivity index (χ3n) is 3.62. The van der Waals surface area contributed by atoms with Gasteiger partial charge in [-0.1, -0.05) is 24.3 Å². The Morgan fingerprint density at radius 2 is 1.63 bits per heavy atom. The van der Waals surface area contributed by atoms with Crippen LogP contribution in [0, 0.1) is 11.3 Å². The van der Waals surface area contributed by atoms with E-state index in [9.17, 15) is 10.2 Å². The largest absolute Gasteiger partial charge is 0.389 e. The number of aliphatic hydroxyl groups is 2. The molecule has 4 nitrogen and oxygen atoms in total. The summed E-state index contributed by atoms with van der Waals surface area (Å²) in [6, 6.07) is 13.6. The topological polar surface area (TPSA) is 67.5 Å². The summed E-state index contributed by atoms with van der Waals surface area (Å²) >= 11 is 0. The summed E-state index contributed by atoms with van der Waals surface area (Å²) in [6.45, 7) is 0.828. The van der Waals surface area contributed by atoms with Crippen LogP contribution in [0.3, 0.4) is 0 Å². The molecule has 0 aliphatic carbocycles. The van der Waals surface area contributed by atoms with E-state index in [1.54, 1.807) is 6.07 Å². The zero-order valence-electron chi connectivity index (χ0n) is 10.3. The number of anilines is 1. The Labute approximate surface area is 111 Å². The third kappa shape index (κ3) is 1.93. The number of nitrogens with zero attached hydrogens (tertiary/aromatic N) is 2. The van der Waals surface area contributed by atoms with Gasteiger partial charge in [0.05, 0.1) is 23.8 Å². The first-order chi connectivity index (χ1) is 9.20. The van der Waals surface area contributed by atoms with Gasteiger partial charge in [0.2, 0.25) is 0 Å². The second-order valence-corrected chi connectivity index (χ2v) is 4.83. The summed E-state index contributed by atoms with van der Waals surface area (Å²) in [4.78, 5) is 1.96. The predicted molar refractivity (Wildman–Crippen MR) is 72.9 cm³/mol. The van der Waals surface area contributed by atoms with E-state index in [-0.39, 0.29) is 0 Å². The molecule has 0 aromatic heterocycles. The van der Waals surface area contributed by atoms with E-state index in [1.807, 2.05) is 35.2 Å². The van der Waals surface area contributed by atoms with Crippen LogP contribution in [-0.2, 0) is 0 Å². The highest BCUT2D eigenvalue weighted by Gasteiger charge is 2.30. The van der Waals surface area contributed by atoms with Crippen LogP contribution < -0.4 is 4.90 Å². The molecule has 1 aliphatic rings. The smallest absolute Gasteiger partial charge is 0.0998 e. The van der Waals surface area contributed by atoms with Gasteiger partial charge in [0.1, 0.15) is 0 Å². The first-order valence-electron chi connectivity index (χ1n) is 6.23. The van der Waals surface area contributed by atoms with Gasteiger partial charge in [-0.2, -0.15) is 5.26 Å². The molecule has 1 fully saturated rings. The molecule has 3 rings (SSSR count). The zero-order valence-corrected chi connectivity index (χ0v) is 10.3. The Bertz CT molecular complexity index is 653. The van der Waals surface area contributed by atoms with Crippen LogP contribution in [0.15, 0.2) is 36.4 Å². The van der Waals surface area contributed by atoms with Gasteiger partial charge in [-0.25, -0.2) is 0 Å². The molecule has 1 heterocycles. The number of aliphatic hydroxyl groups excluding tert-OH is 2. The van der Waals surface area contributed by atoms with Crippen LogP contribution in [0.1, 0.15) is 5.56 Å². The zero-order chi connectivity index (χ0) is 13.4. The lowest BCUT2D eigenvalue weighted by Gasteiger charge is -2.20. The van der Waals surface area contributed by atoms with Crippen molar-refractivity contribution in [2.75, 3.05) is 18.0 Å². The number of nitriles is 1. The van der Waals surface area contributed by atoms with Crippen molar-refractivity contribution < 1.29 is 10.2 Å². The third-order valence-corrected chi connectivity index (χ3v) is 3.62. The average Bonchev–Trinajstić information content (AvgIpc) is 2.77.